The number of piperazine rings is 1. The Bertz CT molecular complexity index is 859. The lowest BCUT2D eigenvalue weighted by Crippen LogP contribution is -2.47. The number of rotatable bonds is 6. The van der Waals surface area contributed by atoms with Gasteiger partial charge in [-0.2, -0.15) is 4.31 Å². The van der Waals surface area contributed by atoms with E-state index in [1.807, 2.05) is 37.4 Å². The third kappa shape index (κ3) is 4.94. The maximum atomic E-state index is 12.7. The largest absolute Gasteiger partial charge is 0.352 e. The molecule has 1 heterocycles. The molecule has 0 radical (unpaired) electrons. The maximum Gasteiger partial charge on any atom is 0.251 e. The van der Waals surface area contributed by atoms with Crippen molar-refractivity contribution in [1.29, 1.82) is 0 Å². The summed E-state index contributed by atoms with van der Waals surface area (Å²) in [5.41, 5.74) is 1.62. The van der Waals surface area contributed by atoms with Gasteiger partial charge in [-0.05, 0) is 43.3 Å². The summed E-state index contributed by atoms with van der Waals surface area (Å²) >= 11 is 0. The van der Waals surface area contributed by atoms with Crippen LogP contribution in [0.25, 0.3) is 0 Å². The summed E-state index contributed by atoms with van der Waals surface area (Å²) in [7, 11) is -1.52. The Kier molecular flexibility index (Phi) is 6.26. The summed E-state index contributed by atoms with van der Waals surface area (Å²) in [6.45, 7) is 2.95. The van der Waals surface area contributed by atoms with Crippen LogP contribution in [0.3, 0.4) is 0 Å². The second-order valence-corrected chi connectivity index (χ2v) is 8.66. The van der Waals surface area contributed by atoms with Crippen LogP contribution in [-0.4, -0.2) is 63.3 Å². The van der Waals surface area contributed by atoms with Gasteiger partial charge in [-0.25, -0.2) is 8.42 Å². The zero-order chi connectivity index (χ0) is 19.3. The number of hydrogen-bond donors (Lipinski definition) is 1. The van der Waals surface area contributed by atoms with E-state index in [0.29, 0.717) is 25.2 Å². The SMILES string of the molecule is CN1CCN(S(=O)(=O)c2ccc(C(=O)NCCc3ccccc3)cc2)CC1. The summed E-state index contributed by atoms with van der Waals surface area (Å²) in [5, 5.41) is 2.87. The van der Waals surface area contributed by atoms with Gasteiger partial charge in [0.15, 0.2) is 0 Å². The number of benzene rings is 2. The minimum Gasteiger partial charge on any atom is -0.352 e. The summed E-state index contributed by atoms with van der Waals surface area (Å²) < 4.78 is 26.9. The van der Waals surface area contributed by atoms with Crippen LogP contribution in [0.2, 0.25) is 0 Å². The molecule has 1 aliphatic rings. The Morgan fingerprint density at radius 1 is 0.963 bits per heavy atom. The number of amides is 1. The van der Waals surface area contributed by atoms with Gasteiger partial charge in [0.2, 0.25) is 10.0 Å². The molecule has 2 aromatic carbocycles. The van der Waals surface area contributed by atoms with Crippen molar-refractivity contribution in [2.45, 2.75) is 11.3 Å². The van der Waals surface area contributed by atoms with Crippen molar-refractivity contribution in [1.82, 2.24) is 14.5 Å². The molecule has 144 valence electrons. The highest BCUT2D eigenvalue weighted by molar-refractivity contribution is 7.89. The van der Waals surface area contributed by atoms with E-state index in [0.717, 1.165) is 25.1 Å². The standard InChI is InChI=1S/C20H25N3O3S/c1-22-13-15-23(16-14-22)27(25,26)19-9-7-18(8-10-19)20(24)21-12-11-17-5-3-2-4-6-17/h2-10H,11-16H2,1H3,(H,21,24). The molecule has 3 rings (SSSR count). The van der Waals surface area contributed by atoms with Crippen LogP contribution < -0.4 is 5.32 Å². The number of likely N-dealkylation sites (N-methyl/N-ethyl adjacent to an activating group) is 1. The molecule has 0 spiro atoms. The van der Waals surface area contributed by atoms with E-state index in [1.54, 1.807) is 12.1 Å². The minimum absolute atomic E-state index is 0.200. The van der Waals surface area contributed by atoms with Gasteiger partial charge >= 0.3 is 0 Å². The van der Waals surface area contributed by atoms with Crippen molar-refractivity contribution in [2.24, 2.45) is 0 Å². The fraction of sp³-hybridized carbons (Fsp3) is 0.350. The van der Waals surface area contributed by atoms with E-state index < -0.39 is 10.0 Å². The Labute approximate surface area is 160 Å². The first kappa shape index (κ1) is 19.5. The Morgan fingerprint density at radius 3 is 2.22 bits per heavy atom. The third-order valence-corrected chi connectivity index (χ3v) is 6.67. The molecule has 2 aromatic rings. The summed E-state index contributed by atoms with van der Waals surface area (Å²) in [6, 6.07) is 16.1. The molecular weight excluding hydrogens is 362 g/mol. The Morgan fingerprint density at radius 2 is 1.59 bits per heavy atom. The molecule has 0 aromatic heterocycles. The second kappa shape index (κ2) is 8.65. The smallest absolute Gasteiger partial charge is 0.251 e. The van der Waals surface area contributed by atoms with Crippen LogP contribution in [0.5, 0.6) is 0 Å². The number of nitrogens with one attached hydrogen (secondary N) is 1. The number of carbonyl (C=O) groups excluding carboxylic acids is 1. The van der Waals surface area contributed by atoms with Crippen LogP contribution in [0.4, 0.5) is 0 Å². The number of hydrogen-bond acceptors (Lipinski definition) is 4. The molecule has 6 nitrogen and oxygen atoms in total. The van der Waals surface area contributed by atoms with Crippen LogP contribution >= 0.6 is 0 Å². The quantitative estimate of drug-likeness (QED) is 0.817. The van der Waals surface area contributed by atoms with Crippen molar-refractivity contribution < 1.29 is 13.2 Å². The molecule has 0 bridgehead atoms. The van der Waals surface area contributed by atoms with Crippen LogP contribution in [0, 0.1) is 0 Å². The molecule has 1 N–H and O–H groups in total. The molecule has 0 unspecified atom stereocenters. The van der Waals surface area contributed by atoms with Crippen molar-refractivity contribution in [3.8, 4) is 0 Å². The van der Waals surface area contributed by atoms with Crippen LogP contribution in [-0.2, 0) is 16.4 Å². The molecule has 1 fully saturated rings. The van der Waals surface area contributed by atoms with Gasteiger partial charge in [-0.1, -0.05) is 30.3 Å². The molecule has 1 amide bonds. The van der Waals surface area contributed by atoms with Crippen LogP contribution in [0.15, 0.2) is 59.5 Å². The fourth-order valence-electron chi connectivity index (χ4n) is 3.02. The highest BCUT2D eigenvalue weighted by Gasteiger charge is 2.27. The van der Waals surface area contributed by atoms with Gasteiger partial charge in [0.25, 0.3) is 5.91 Å². The molecular formula is C20H25N3O3S. The average molecular weight is 388 g/mol. The first-order valence-electron chi connectivity index (χ1n) is 9.08. The lowest BCUT2D eigenvalue weighted by Gasteiger charge is -2.31. The summed E-state index contributed by atoms with van der Waals surface area (Å²) in [5.74, 6) is -0.200. The fourth-order valence-corrected chi connectivity index (χ4v) is 4.45. The van der Waals surface area contributed by atoms with E-state index in [1.165, 1.54) is 16.4 Å². The molecule has 1 aliphatic heterocycles. The van der Waals surface area contributed by atoms with Crippen molar-refractivity contribution in [3.05, 3.63) is 65.7 Å². The predicted octanol–water partition coefficient (Wildman–Crippen LogP) is 1.60. The van der Waals surface area contributed by atoms with Gasteiger partial charge in [0.1, 0.15) is 0 Å². The Hall–Kier alpha value is -2.22. The second-order valence-electron chi connectivity index (χ2n) is 6.72. The lowest BCUT2D eigenvalue weighted by molar-refractivity contribution is 0.0954. The van der Waals surface area contributed by atoms with Crippen molar-refractivity contribution >= 4 is 15.9 Å². The normalized spacial score (nSPS) is 16.2. The molecule has 1 saturated heterocycles. The first-order valence-corrected chi connectivity index (χ1v) is 10.5. The first-order chi connectivity index (χ1) is 13.0. The molecule has 7 heteroatoms. The summed E-state index contributed by atoms with van der Waals surface area (Å²) in [4.78, 5) is 14.6. The van der Waals surface area contributed by atoms with Crippen molar-refractivity contribution in [3.63, 3.8) is 0 Å². The zero-order valence-electron chi connectivity index (χ0n) is 15.5. The van der Waals surface area contributed by atoms with Crippen LogP contribution in [0.1, 0.15) is 15.9 Å². The average Bonchev–Trinajstić information content (AvgIpc) is 2.69. The minimum atomic E-state index is -3.51. The predicted molar refractivity (Wildman–Crippen MR) is 105 cm³/mol. The molecule has 0 atom stereocenters. The molecule has 0 saturated carbocycles. The number of nitrogens with zero attached hydrogens (tertiary/aromatic N) is 2. The molecule has 27 heavy (non-hydrogen) atoms. The van der Waals surface area contributed by atoms with Gasteiger partial charge in [0, 0.05) is 38.3 Å². The number of sulfonamides is 1. The topological polar surface area (TPSA) is 69.7 Å². The third-order valence-electron chi connectivity index (χ3n) is 4.76. The zero-order valence-corrected chi connectivity index (χ0v) is 16.3. The van der Waals surface area contributed by atoms with E-state index in [4.69, 9.17) is 0 Å². The summed E-state index contributed by atoms with van der Waals surface area (Å²) in [6.07, 6.45) is 0.752. The van der Waals surface area contributed by atoms with E-state index in [9.17, 15) is 13.2 Å². The van der Waals surface area contributed by atoms with Gasteiger partial charge in [-0.15, -0.1) is 0 Å². The van der Waals surface area contributed by atoms with Gasteiger partial charge in [-0.3, -0.25) is 4.79 Å². The van der Waals surface area contributed by atoms with E-state index in [-0.39, 0.29) is 10.8 Å². The van der Waals surface area contributed by atoms with Gasteiger partial charge < -0.3 is 10.2 Å². The number of carbonyl (C=O) groups is 1. The Balaban J connectivity index is 1.58. The van der Waals surface area contributed by atoms with E-state index >= 15 is 0 Å². The molecule has 0 aliphatic carbocycles. The highest BCUT2D eigenvalue weighted by Crippen LogP contribution is 2.18. The van der Waals surface area contributed by atoms with Gasteiger partial charge in [0.05, 0.1) is 4.90 Å². The highest BCUT2D eigenvalue weighted by atomic mass is 32.2. The monoisotopic (exact) mass is 387 g/mol. The van der Waals surface area contributed by atoms with Crippen molar-refractivity contribution in [2.75, 3.05) is 39.8 Å². The lowest BCUT2D eigenvalue weighted by atomic mass is 10.1. The maximum absolute atomic E-state index is 12.7. The van der Waals surface area contributed by atoms with E-state index in [2.05, 4.69) is 10.2 Å².